The number of rotatable bonds is 2. The van der Waals surface area contributed by atoms with Gasteiger partial charge in [-0.25, -0.2) is 0 Å². The number of hydrogen-bond donors (Lipinski definition) is 0. The molecule has 5 heteroatoms. The highest BCUT2D eigenvalue weighted by Gasteiger charge is 2.84. The molecule has 1 aromatic heterocycles. The van der Waals surface area contributed by atoms with Gasteiger partial charge in [0, 0.05) is 15.9 Å². The highest BCUT2D eigenvalue weighted by atomic mass is 35.5. The second-order valence-electron chi connectivity index (χ2n) is 7.27. The van der Waals surface area contributed by atoms with Gasteiger partial charge >= 0.3 is 5.97 Å². The highest BCUT2D eigenvalue weighted by molar-refractivity contribution is 7.13. The summed E-state index contributed by atoms with van der Waals surface area (Å²) in [5, 5.41) is 2.11. The summed E-state index contributed by atoms with van der Waals surface area (Å²) >= 11 is 14.5. The van der Waals surface area contributed by atoms with Crippen LogP contribution in [-0.2, 0) is 17.6 Å². The molecule has 0 bridgehead atoms. The number of alkyl halides is 2. The Balaban J connectivity index is 1.69. The Morgan fingerprint density at radius 1 is 1.17 bits per heavy atom. The van der Waals surface area contributed by atoms with Crippen LogP contribution in [0.25, 0.3) is 10.4 Å². The molecular formula is C19H18Cl2O2S. The predicted octanol–water partition coefficient (Wildman–Crippen LogP) is 5.64. The molecule has 1 unspecified atom stereocenters. The number of halogens is 2. The summed E-state index contributed by atoms with van der Waals surface area (Å²) in [4.78, 5) is 14.1. The Morgan fingerprint density at radius 2 is 1.88 bits per heavy atom. The molecule has 0 saturated heterocycles. The minimum absolute atomic E-state index is 0.358. The van der Waals surface area contributed by atoms with Crippen LogP contribution in [-0.4, -0.2) is 10.3 Å². The average molecular weight is 381 g/mol. The normalized spacial score (nSPS) is 25.5. The summed E-state index contributed by atoms with van der Waals surface area (Å²) in [5.41, 5.74) is 2.20. The van der Waals surface area contributed by atoms with E-state index in [1.807, 2.05) is 26.0 Å². The summed E-state index contributed by atoms with van der Waals surface area (Å²) in [6.45, 7) is 5.57. The molecule has 1 fully saturated rings. The van der Waals surface area contributed by atoms with Crippen molar-refractivity contribution in [3.8, 4) is 16.2 Å². The fourth-order valence-corrected chi connectivity index (χ4v) is 5.64. The lowest BCUT2D eigenvalue weighted by Gasteiger charge is -2.21. The van der Waals surface area contributed by atoms with Crippen molar-refractivity contribution in [2.24, 2.45) is 10.8 Å². The number of carbonyl (C=O) groups excluding carboxylic acids is 1. The van der Waals surface area contributed by atoms with Crippen molar-refractivity contribution in [2.45, 2.75) is 37.9 Å². The molecule has 126 valence electrons. The molecule has 0 radical (unpaired) electrons. The maximum atomic E-state index is 12.8. The van der Waals surface area contributed by atoms with E-state index in [0.717, 1.165) is 18.4 Å². The molecule has 0 aliphatic heterocycles. The molecule has 1 aromatic carbocycles. The van der Waals surface area contributed by atoms with Gasteiger partial charge in [0.2, 0.25) is 0 Å². The van der Waals surface area contributed by atoms with Crippen LogP contribution >= 0.6 is 34.5 Å². The van der Waals surface area contributed by atoms with Crippen molar-refractivity contribution in [2.75, 3.05) is 0 Å². The van der Waals surface area contributed by atoms with E-state index in [0.29, 0.717) is 5.75 Å². The van der Waals surface area contributed by atoms with E-state index < -0.39 is 15.2 Å². The molecule has 2 nitrogen and oxygen atoms in total. The van der Waals surface area contributed by atoms with Gasteiger partial charge < -0.3 is 4.74 Å². The molecule has 1 heterocycles. The zero-order valence-corrected chi connectivity index (χ0v) is 16.1. The minimum Gasteiger partial charge on any atom is -0.426 e. The Hall–Kier alpha value is -1.03. The van der Waals surface area contributed by atoms with Crippen LogP contribution in [0.3, 0.4) is 0 Å². The Morgan fingerprint density at radius 3 is 2.54 bits per heavy atom. The zero-order valence-electron chi connectivity index (χ0n) is 13.8. The molecule has 2 aromatic rings. The van der Waals surface area contributed by atoms with Crippen molar-refractivity contribution < 1.29 is 9.53 Å². The lowest BCUT2D eigenvalue weighted by Crippen LogP contribution is -2.26. The van der Waals surface area contributed by atoms with E-state index in [-0.39, 0.29) is 5.97 Å². The zero-order chi connectivity index (χ0) is 17.3. The van der Waals surface area contributed by atoms with Crippen molar-refractivity contribution in [3.63, 3.8) is 0 Å². The van der Waals surface area contributed by atoms with Crippen molar-refractivity contribution in [1.29, 1.82) is 0 Å². The maximum absolute atomic E-state index is 12.8. The molecule has 1 saturated carbocycles. The van der Waals surface area contributed by atoms with E-state index in [2.05, 4.69) is 17.5 Å². The second-order valence-corrected chi connectivity index (χ2v) is 9.51. The van der Waals surface area contributed by atoms with Crippen molar-refractivity contribution >= 4 is 40.5 Å². The first-order valence-electron chi connectivity index (χ1n) is 8.00. The molecule has 0 N–H and O–H groups in total. The number of fused-ring (bicyclic) bond motifs is 3. The SMILES string of the molecule is CC1(C)C(Cl)(Cl)C1(C)C(=O)Oc1cccc2c1CCc1ccsc1-2. The lowest BCUT2D eigenvalue weighted by atomic mass is 9.91. The number of carbonyl (C=O) groups is 1. The first-order chi connectivity index (χ1) is 11.2. The molecule has 0 spiro atoms. The molecule has 0 amide bonds. The highest BCUT2D eigenvalue weighted by Crippen LogP contribution is 2.77. The maximum Gasteiger partial charge on any atom is 0.320 e. The molecule has 2 aliphatic carbocycles. The lowest BCUT2D eigenvalue weighted by molar-refractivity contribution is -0.141. The monoisotopic (exact) mass is 380 g/mol. The number of ether oxygens (including phenoxy) is 1. The van der Waals surface area contributed by atoms with Gasteiger partial charge in [0.1, 0.15) is 15.5 Å². The van der Waals surface area contributed by atoms with Gasteiger partial charge in [-0.05, 0) is 48.4 Å². The van der Waals surface area contributed by atoms with Gasteiger partial charge in [0.15, 0.2) is 0 Å². The van der Waals surface area contributed by atoms with Crippen molar-refractivity contribution in [3.05, 3.63) is 40.8 Å². The van der Waals surface area contributed by atoms with Gasteiger partial charge in [-0.3, -0.25) is 4.79 Å². The minimum atomic E-state index is -1.10. The number of hydrogen-bond acceptors (Lipinski definition) is 3. The fraction of sp³-hybridized carbons (Fsp3) is 0.421. The van der Waals surface area contributed by atoms with E-state index >= 15 is 0 Å². The predicted molar refractivity (Wildman–Crippen MR) is 99.1 cm³/mol. The Bertz CT molecular complexity index is 837. The van der Waals surface area contributed by atoms with Crippen LogP contribution in [0.15, 0.2) is 29.6 Å². The topological polar surface area (TPSA) is 26.3 Å². The largest absolute Gasteiger partial charge is 0.426 e. The van der Waals surface area contributed by atoms with Crippen LogP contribution in [0.4, 0.5) is 0 Å². The van der Waals surface area contributed by atoms with Crippen molar-refractivity contribution in [1.82, 2.24) is 0 Å². The summed E-state index contributed by atoms with van der Waals surface area (Å²) < 4.78 is 4.70. The molecular weight excluding hydrogens is 363 g/mol. The second kappa shape index (κ2) is 5.00. The van der Waals surface area contributed by atoms with Crippen LogP contribution in [0.5, 0.6) is 5.75 Å². The van der Waals surface area contributed by atoms with Crippen LogP contribution in [0.2, 0.25) is 0 Å². The first-order valence-corrected chi connectivity index (χ1v) is 9.64. The third-order valence-corrected chi connectivity index (χ3v) is 8.67. The van der Waals surface area contributed by atoms with Crippen LogP contribution in [0.1, 0.15) is 31.9 Å². The summed E-state index contributed by atoms with van der Waals surface area (Å²) in [7, 11) is 0. The van der Waals surface area contributed by atoms with E-state index in [1.165, 1.54) is 16.0 Å². The molecule has 2 aliphatic rings. The third-order valence-electron chi connectivity index (χ3n) is 5.98. The summed E-state index contributed by atoms with van der Waals surface area (Å²) in [5.74, 6) is 0.271. The number of esters is 1. The van der Waals surface area contributed by atoms with Crippen LogP contribution in [0, 0.1) is 10.8 Å². The number of aryl methyl sites for hydroxylation is 1. The standard InChI is InChI=1S/C19H18Cl2O2S/c1-17(2)18(3,19(17,20)21)16(22)23-14-6-4-5-13-12(14)8-7-11-9-10-24-15(11)13/h4-6,9-10H,7-8H2,1-3H3. The molecule has 1 atom stereocenters. The summed E-state index contributed by atoms with van der Waals surface area (Å²) in [6, 6.07) is 8.06. The van der Waals surface area contributed by atoms with Gasteiger partial charge in [-0.15, -0.1) is 11.3 Å². The smallest absolute Gasteiger partial charge is 0.320 e. The van der Waals surface area contributed by atoms with Gasteiger partial charge in [-0.2, -0.15) is 0 Å². The van der Waals surface area contributed by atoms with E-state index in [9.17, 15) is 4.79 Å². The molecule has 4 rings (SSSR count). The Kier molecular flexibility index (Phi) is 3.42. The van der Waals surface area contributed by atoms with E-state index in [4.69, 9.17) is 27.9 Å². The Labute approximate surface area is 155 Å². The van der Waals surface area contributed by atoms with Gasteiger partial charge in [0.25, 0.3) is 0 Å². The quantitative estimate of drug-likeness (QED) is 0.382. The number of thiophene rings is 1. The molecule has 24 heavy (non-hydrogen) atoms. The van der Waals surface area contributed by atoms with Gasteiger partial charge in [-0.1, -0.05) is 49.2 Å². The first kappa shape index (κ1) is 16.4. The fourth-order valence-electron chi connectivity index (χ4n) is 3.72. The van der Waals surface area contributed by atoms with E-state index in [1.54, 1.807) is 18.3 Å². The van der Waals surface area contributed by atoms with Crippen LogP contribution < -0.4 is 4.74 Å². The summed E-state index contributed by atoms with van der Waals surface area (Å²) in [6.07, 6.45) is 1.84. The third kappa shape index (κ3) is 1.86. The number of benzene rings is 1. The van der Waals surface area contributed by atoms with Gasteiger partial charge in [0.05, 0.1) is 0 Å². The average Bonchev–Trinajstić information content (AvgIpc) is 2.93.